The van der Waals surface area contributed by atoms with Crippen LogP contribution < -0.4 is 0 Å². The summed E-state index contributed by atoms with van der Waals surface area (Å²) in [6, 6.07) is 0. The molecule has 2 rings (SSSR count). The lowest BCUT2D eigenvalue weighted by atomic mass is 9.65. The smallest absolute Gasteiger partial charge is 0.0357 e. The van der Waals surface area contributed by atoms with Gasteiger partial charge in [-0.15, -0.1) is 0 Å². The highest BCUT2D eigenvalue weighted by Gasteiger charge is 2.33. The Kier molecular flexibility index (Phi) is 6.05. The second-order valence-electron chi connectivity index (χ2n) is 6.94. The van der Waals surface area contributed by atoms with Gasteiger partial charge in [0.15, 0.2) is 0 Å². The molecule has 0 N–H and O–H groups in total. The van der Waals surface area contributed by atoms with E-state index < -0.39 is 0 Å². The Morgan fingerprint density at radius 3 is 1.22 bits per heavy atom. The van der Waals surface area contributed by atoms with Crippen LogP contribution in [0.5, 0.6) is 0 Å². The van der Waals surface area contributed by atoms with E-state index >= 15 is 0 Å². The Bertz CT molecular complexity index is 184. The van der Waals surface area contributed by atoms with Gasteiger partial charge >= 0.3 is 0 Å². The number of rotatable bonds is 5. The molecule has 0 spiro atoms. The number of hydrogen-bond acceptors (Lipinski definition) is 0. The third-order valence-electron chi connectivity index (χ3n) is 6.00. The van der Waals surface area contributed by atoms with Gasteiger partial charge in [-0.2, -0.15) is 0 Å². The van der Waals surface area contributed by atoms with Gasteiger partial charge in [-0.1, -0.05) is 90.9 Å². The van der Waals surface area contributed by atoms with Crippen LogP contribution in [-0.2, 0) is 0 Å². The van der Waals surface area contributed by atoms with Crippen LogP contribution in [0.1, 0.15) is 90.9 Å². The molecule has 2 fully saturated rings. The predicted molar refractivity (Wildman–Crippen MR) is 80.7 cm³/mol. The van der Waals surface area contributed by atoms with Crippen LogP contribution in [0.4, 0.5) is 0 Å². The summed E-state index contributed by atoms with van der Waals surface area (Å²) in [6.45, 7) is 4.93. The third-order valence-corrected chi connectivity index (χ3v) is 6.00. The molecule has 0 aromatic rings. The topological polar surface area (TPSA) is 0 Å². The summed E-state index contributed by atoms with van der Waals surface area (Å²) in [5, 5.41) is 0. The molecular formula is C18H34. The van der Waals surface area contributed by atoms with Crippen molar-refractivity contribution in [2.24, 2.45) is 23.7 Å². The Morgan fingerprint density at radius 1 is 0.611 bits per heavy atom. The minimum atomic E-state index is 1.05. The Balaban J connectivity index is 1.97. The number of hydrogen-bond donors (Lipinski definition) is 0. The van der Waals surface area contributed by atoms with E-state index in [1.807, 2.05) is 0 Å². The molecule has 0 radical (unpaired) electrons. The Labute approximate surface area is 115 Å². The van der Waals surface area contributed by atoms with Crippen molar-refractivity contribution in [3.8, 4) is 0 Å². The molecule has 1 unspecified atom stereocenters. The molecule has 0 saturated heterocycles. The molecule has 2 aliphatic carbocycles. The first-order chi connectivity index (χ1) is 8.86. The molecule has 106 valence electrons. The van der Waals surface area contributed by atoms with E-state index in [-0.39, 0.29) is 0 Å². The molecule has 0 aliphatic heterocycles. The van der Waals surface area contributed by atoms with Gasteiger partial charge in [0.1, 0.15) is 0 Å². The van der Waals surface area contributed by atoms with Crippen LogP contribution in [0.25, 0.3) is 0 Å². The molecule has 2 aliphatic rings. The van der Waals surface area contributed by atoms with Crippen molar-refractivity contribution in [3.63, 3.8) is 0 Å². The zero-order chi connectivity index (χ0) is 12.8. The van der Waals surface area contributed by atoms with Crippen molar-refractivity contribution in [1.29, 1.82) is 0 Å². The molecule has 2 atom stereocenters. The van der Waals surface area contributed by atoms with Crippen molar-refractivity contribution in [2.45, 2.75) is 90.9 Å². The molecule has 18 heavy (non-hydrogen) atoms. The van der Waals surface area contributed by atoms with E-state index in [0.717, 1.165) is 23.7 Å². The second-order valence-corrected chi connectivity index (χ2v) is 6.94. The SMILES string of the molecule is CCC(C1CCCCC1)[C@@H](CC)C1CCCCC1. The first-order valence-corrected chi connectivity index (χ1v) is 8.86. The quantitative estimate of drug-likeness (QED) is 0.545. The van der Waals surface area contributed by atoms with Gasteiger partial charge < -0.3 is 0 Å². The summed E-state index contributed by atoms with van der Waals surface area (Å²) in [5.74, 6) is 4.27. The average molecular weight is 250 g/mol. The minimum Gasteiger partial charge on any atom is -0.0651 e. The van der Waals surface area contributed by atoms with E-state index in [2.05, 4.69) is 13.8 Å². The van der Waals surface area contributed by atoms with Crippen LogP contribution in [0.2, 0.25) is 0 Å². The van der Waals surface area contributed by atoms with E-state index in [9.17, 15) is 0 Å². The van der Waals surface area contributed by atoms with Crippen LogP contribution in [0.15, 0.2) is 0 Å². The fourth-order valence-corrected chi connectivity index (χ4v) is 5.10. The monoisotopic (exact) mass is 250 g/mol. The molecule has 2 saturated carbocycles. The van der Waals surface area contributed by atoms with E-state index in [4.69, 9.17) is 0 Å². The fraction of sp³-hybridized carbons (Fsp3) is 1.00. The summed E-state index contributed by atoms with van der Waals surface area (Å²) in [7, 11) is 0. The molecule has 0 nitrogen and oxygen atoms in total. The van der Waals surface area contributed by atoms with E-state index in [1.165, 1.54) is 51.4 Å². The summed E-state index contributed by atoms with van der Waals surface area (Å²) >= 11 is 0. The van der Waals surface area contributed by atoms with Gasteiger partial charge in [-0.05, 0) is 23.7 Å². The molecular weight excluding hydrogens is 216 g/mol. The van der Waals surface area contributed by atoms with Crippen LogP contribution in [-0.4, -0.2) is 0 Å². The molecule has 0 heteroatoms. The minimum absolute atomic E-state index is 1.05. The maximum atomic E-state index is 2.46. The highest BCUT2D eigenvalue weighted by Crippen LogP contribution is 2.43. The van der Waals surface area contributed by atoms with Crippen molar-refractivity contribution < 1.29 is 0 Å². The first-order valence-electron chi connectivity index (χ1n) is 8.86. The fourth-order valence-electron chi connectivity index (χ4n) is 5.10. The first kappa shape index (κ1) is 14.4. The van der Waals surface area contributed by atoms with Crippen LogP contribution >= 0.6 is 0 Å². The maximum Gasteiger partial charge on any atom is -0.0357 e. The van der Waals surface area contributed by atoms with Crippen molar-refractivity contribution in [2.75, 3.05) is 0 Å². The Morgan fingerprint density at radius 2 is 0.944 bits per heavy atom. The average Bonchev–Trinajstić information content (AvgIpc) is 2.46. The highest BCUT2D eigenvalue weighted by molar-refractivity contribution is 4.83. The zero-order valence-electron chi connectivity index (χ0n) is 12.8. The molecule has 0 aromatic carbocycles. The van der Waals surface area contributed by atoms with Gasteiger partial charge in [0.25, 0.3) is 0 Å². The van der Waals surface area contributed by atoms with Crippen LogP contribution in [0, 0.1) is 23.7 Å². The van der Waals surface area contributed by atoms with Crippen molar-refractivity contribution in [3.05, 3.63) is 0 Å². The van der Waals surface area contributed by atoms with Gasteiger partial charge in [0.05, 0.1) is 0 Å². The summed E-state index contributed by atoms with van der Waals surface area (Å²) < 4.78 is 0. The maximum absolute atomic E-state index is 2.46. The van der Waals surface area contributed by atoms with Gasteiger partial charge in [-0.25, -0.2) is 0 Å². The van der Waals surface area contributed by atoms with Gasteiger partial charge in [-0.3, -0.25) is 0 Å². The standard InChI is InChI=1S/C18H34/c1-3-17(15-11-7-5-8-12-15)18(4-2)16-13-9-6-10-14-16/h15-18H,3-14H2,1-2H3/t17-,18?/m0/s1. The normalized spacial score (nSPS) is 27.0. The van der Waals surface area contributed by atoms with Gasteiger partial charge in [0, 0.05) is 0 Å². The lowest BCUT2D eigenvalue weighted by Gasteiger charge is -2.40. The molecule has 0 heterocycles. The molecule has 0 amide bonds. The van der Waals surface area contributed by atoms with E-state index in [1.54, 1.807) is 25.7 Å². The molecule has 0 bridgehead atoms. The Hall–Kier alpha value is 0. The summed E-state index contributed by atoms with van der Waals surface area (Å²) in [6.07, 6.45) is 18.1. The molecule has 0 aromatic heterocycles. The lowest BCUT2D eigenvalue weighted by molar-refractivity contribution is 0.100. The largest absolute Gasteiger partial charge is 0.0651 e. The van der Waals surface area contributed by atoms with E-state index in [0.29, 0.717) is 0 Å². The van der Waals surface area contributed by atoms with Crippen molar-refractivity contribution in [1.82, 2.24) is 0 Å². The van der Waals surface area contributed by atoms with Gasteiger partial charge in [0.2, 0.25) is 0 Å². The second kappa shape index (κ2) is 7.56. The lowest BCUT2D eigenvalue weighted by Crippen LogP contribution is -2.31. The van der Waals surface area contributed by atoms with Crippen LogP contribution in [0.3, 0.4) is 0 Å². The summed E-state index contributed by atoms with van der Waals surface area (Å²) in [5.41, 5.74) is 0. The zero-order valence-corrected chi connectivity index (χ0v) is 12.8. The van der Waals surface area contributed by atoms with Crippen molar-refractivity contribution >= 4 is 0 Å². The highest BCUT2D eigenvalue weighted by atomic mass is 14.4. The predicted octanol–water partition coefficient (Wildman–Crippen LogP) is 6.20. The third kappa shape index (κ3) is 3.52. The summed E-state index contributed by atoms with van der Waals surface area (Å²) in [4.78, 5) is 0.